The molecule has 2 heterocycles. The van der Waals surface area contributed by atoms with Gasteiger partial charge in [0.2, 0.25) is 0 Å². The van der Waals surface area contributed by atoms with Gasteiger partial charge in [-0.25, -0.2) is 0 Å². The maximum absolute atomic E-state index is 13.2. The molecular formula is C21H29N3O4. The third-order valence-corrected chi connectivity index (χ3v) is 5.22. The zero-order chi connectivity index (χ0) is 20.1. The van der Waals surface area contributed by atoms with E-state index in [1.54, 1.807) is 7.11 Å². The number of hydrogen-bond donors (Lipinski definition) is 0. The molecule has 7 heteroatoms. The van der Waals surface area contributed by atoms with E-state index in [2.05, 4.69) is 16.8 Å². The minimum absolute atomic E-state index is 0.197. The highest BCUT2D eigenvalue weighted by Crippen LogP contribution is 2.33. The molecular weight excluding hydrogens is 358 g/mol. The summed E-state index contributed by atoms with van der Waals surface area (Å²) in [5.41, 5.74) is 1.77. The molecule has 0 spiro atoms. The lowest BCUT2D eigenvalue weighted by atomic mass is 10.0. The molecule has 0 aromatic heterocycles. The second-order valence-electron chi connectivity index (χ2n) is 7.05. The standard InChI is InChI=1S/C21H29N3O4/c1-4-28-15-5-10-24-20(25)18(16-6-8-17(27-3)9-7-16)19(21(24)26)23-13-11-22(2)12-14-23/h6-9H,4-5,10-15H2,1-3H3. The fourth-order valence-electron chi connectivity index (χ4n) is 3.58. The first-order valence-corrected chi connectivity index (χ1v) is 9.83. The van der Waals surface area contributed by atoms with Crippen LogP contribution in [0.4, 0.5) is 0 Å². The number of imide groups is 1. The third-order valence-electron chi connectivity index (χ3n) is 5.22. The van der Waals surface area contributed by atoms with Gasteiger partial charge in [0.1, 0.15) is 11.4 Å². The highest BCUT2D eigenvalue weighted by molar-refractivity contribution is 6.35. The number of likely N-dealkylation sites (N-methyl/N-ethyl adjacent to an activating group) is 1. The number of piperazine rings is 1. The molecule has 0 saturated carbocycles. The Morgan fingerprint density at radius 1 is 1.00 bits per heavy atom. The minimum Gasteiger partial charge on any atom is -0.497 e. The first-order chi connectivity index (χ1) is 13.6. The van der Waals surface area contributed by atoms with Gasteiger partial charge in [0.05, 0.1) is 12.7 Å². The molecule has 1 saturated heterocycles. The van der Waals surface area contributed by atoms with E-state index in [9.17, 15) is 9.59 Å². The van der Waals surface area contributed by atoms with Crippen molar-refractivity contribution in [3.63, 3.8) is 0 Å². The van der Waals surface area contributed by atoms with Gasteiger partial charge in [-0.1, -0.05) is 12.1 Å². The van der Waals surface area contributed by atoms with Crippen molar-refractivity contribution < 1.29 is 19.1 Å². The van der Waals surface area contributed by atoms with Crippen LogP contribution in [0.25, 0.3) is 5.57 Å². The molecule has 2 aliphatic rings. The molecule has 3 rings (SSSR count). The van der Waals surface area contributed by atoms with Crippen molar-refractivity contribution in [1.82, 2.24) is 14.7 Å². The number of carbonyl (C=O) groups is 2. The van der Waals surface area contributed by atoms with Crippen molar-refractivity contribution in [1.29, 1.82) is 0 Å². The first-order valence-electron chi connectivity index (χ1n) is 9.83. The summed E-state index contributed by atoms with van der Waals surface area (Å²) in [7, 11) is 3.67. The van der Waals surface area contributed by atoms with Crippen molar-refractivity contribution >= 4 is 17.4 Å². The van der Waals surface area contributed by atoms with Gasteiger partial charge in [-0.3, -0.25) is 14.5 Å². The molecule has 0 radical (unpaired) electrons. The Kier molecular flexibility index (Phi) is 6.70. The van der Waals surface area contributed by atoms with Crippen molar-refractivity contribution in [3.05, 3.63) is 35.5 Å². The summed E-state index contributed by atoms with van der Waals surface area (Å²) in [4.78, 5) is 32.0. The van der Waals surface area contributed by atoms with Crippen LogP contribution in [0.1, 0.15) is 18.9 Å². The van der Waals surface area contributed by atoms with E-state index in [1.807, 2.05) is 31.2 Å². The summed E-state index contributed by atoms with van der Waals surface area (Å²) >= 11 is 0. The predicted molar refractivity (Wildman–Crippen MR) is 107 cm³/mol. The largest absolute Gasteiger partial charge is 0.497 e. The predicted octanol–water partition coefficient (Wildman–Crippen LogP) is 1.45. The number of benzene rings is 1. The van der Waals surface area contributed by atoms with E-state index < -0.39 is 0 Å². The molecule has 0 atom stereocenters. The van der Waals surface area contributed by atoms with Crippen LogP contribution in [0.5, 0.6) is 5.75 Å². The number of carbonyl (C=O) groups excluding carboxylic acids is 2. The minimum atomic E-state index is -0.222. The Labute approximate surface area is 166 Å². The van der Waals surface area contributed by atoms with E-state index in [0.717, 1.165) is 37.5 Å². The molecule has 1 aromatic carbocycles. The highest BCUT2D eigenvalue weighted by Gasteiger charge is 2.41. The van der Waals surface area contributed by atoms with Crippen molar-refractivity contribution in [2.75, 3.05) is 60.1 Å². The second-order valence-corrected chi connectivity index (χ2v) is 7.05. The normalized spacial score (nSPS) is 18.4. The van der Waals surface area contributed by atoms with E-state index in [1.165, 1.54) is 4.90 Å². The Bertz CT molecular complexity index is 737. The quantitative estimate of drug-likeness (QED) is 0.497. The van der Waals surface area contributed by atoms with Crippen LogP contribution in [0, 0.1) is 0 Å². The summed E-state index contributed by atoms with van der Waals surface area (Å²) in [6.07, 6.45) is 0.636. The van der Waals surface area contributed by atoms with Crippen LogP contribution in [-0.2, 0) is 14.3 Å². The van der Waals surface area contributed by atoms with Gasteiger partial charge in [-0.2, -0.15) is 0 Å². The number of hydrogen-bond acceptors (Lipinski definition) is 6. The molecule has 7 nitrogen and oxygen atoms in total. The summed E-state index contributed by atoms with van der Waals surface area (Å²) < 4.78 is 10.6. The van der Waals surface area contributed by atoms with E-state index >= 15 is 0 Å². The number of amides is 2. The lowest BCUT2D eigenvalue weighted by Crippen LogP contribution is -2.46. The molecule has 0 bridgehead atoms. The average Bonchev–Trinajstić information content (AvgIpc) is 2.96. The van der Waals surface area contributed by atoms with E-state index in [0.29, 0.717) is 37.4 Å². The lowest BCUT2D eigenvalue weighted by molar-refractivity contribution is -0.137. The maximum atomic E-state index is 13.2. The van der Waals surface area contributed by atoms with Crippen LogP contribution in [0.2, 0.25) is 0 Å². The summed E-state index contributed by atoms with van der Waals surface area (Å²) in [5.74, 6) is 0.299. The zero-order valence-electron chi connectivity index (χ0n) is 16.9. The number of nitrogens with zero attached hydrogens (tertiary/aromatic N) is 3. The van der Waals surface area contributed by atoms with Crippen molar-refractivity contribution in [2.24, 2.45) is 0 Å². The second kappa shape index (κ2) is 9.21. The number of methoxy groups -OCH3 is 1. The van der Waals surface area contributed by atoms with Gasteiger partial charge in [-0.15, -0.1) is 0 Å². The van der Waals surface area contributed by atoms with Gasteiger partial charge in [0.15, 0.2) is 0 Å². The van der Waals surface area contributed by atoms with Crippen LogP contribution < -0.4 is 4.74 Å². The van der Waals surface area contributed by atoms with Crippen LogP contribution >= 0.6 is 0 Å². The lowest BCUT2D eigenvalue weighted by Gasteiger charge is -2.34. The van der Waals surface area contributed by atoms with Gasteiger partial charge < -0.3 is 19.3 Å². The Hall–Kier alpha value is -2.38. The van der Waals surface area contributed by atoms with Crippen LogP contribution in [0.15, 0.2) is 30.0 Å². The monoisotopic (exact) mass is 387 g/mol. The molecule has 28 heavy (non-hydrogen) atoms. The van der Waals surface area contributed by atoms with Crippen LogP contribution in [0.3, 0.4) is 0 Å². The molecule has 0 unspecified atom stereocenters. The average molecular weight is 387 g/mol. The van der Waals surface area contributed by atoms with Gasteiger partial charge >= 0.3 is 0 Å². The molecule has 1 fully saturated rings. The summed E-state index contributed by atoms with van der Waals surface area (Å²) in [6, 6.07) is 7.33. The third kappa shape index (κ3) is 4.20. The molecule has 0 aliphatic carbocycles. The molecule has 2 aliphatic heterocycles. The molecule has 1 aromatic rings. The molecule has 2 amide bonds. The zero-order valence-corrected chi connectivity index (χ0v) is 16.9. The highest BCUT2D eigenvalue weighted by atomic mass is 16.5. The Balaban J connectivity index is 1.90. The van der Waals surface area contributed by atoms with Crippen molar-refractivity contribution in [2.45, 2.75) is 13.3 Å². The Morgan fingerprint density at radius 2 is 1.68 bits per heavy atom. The molecule has 0 N–H and O–H groups in total. The van der Waals surface area contributed by atoms with E-state index in [4.69, 9.17) is 9.47 Å². The topological polar surface area (TPSA) is 62.3 Å². The first kappa shape index (κ1) is 20.4. The van der Waals surface area contributed by atoms with Gasteiger partial charge in [0, 0.05) is 45.9 Å². The van der Waals surface area contributed by atoms with Crippen molar-refractivity contribution in [3.8, 4) is 5.75 Å². The smallest absolute Gasteiger partial charge is 0.277 e. The summed E-state index contributed by atoms with van der Waals surface area (Å²) in [5, 5.41) is 0. The fourth-order valence-corrected chi connectivity index (χ4v) is 3.58. The number of rotatable bonds is 8. The molecule has 152 valence electrons. The number of ether oxygens (including phenoxy) is 2. The van der Waals surface area contributed by atoms with Gasteiger partial charge in [0.25, 0.3) is 11.8 Å². The van der Waals surface area contributed by atoms with Crippen LogP contribution in [-0.4, -0.2) is 86.6 Å². The Morgan fingerprint density at radius 3 is 2.29 bits per heavy atom. The van der Waals surface area contributed by atoms with E-state index in [-0.39, 0.29) is 11.8 Å². The van der Waals surface area contributed by atoms with Gasteiger partial charge in [-0.05, 0) is 38.1 Å². The SMILES string of the molecule is CCOCCCN1C(=O)C(c2ccc(OC)cc2)=C(N2CCN(C)CC2)C1=O. The fraction of sp³-hybridized carbons (Fsp3) is 0.524. The summed E-state index contributed by atoms with van der Waals surface area (Å²) in [6.45, 7) is 6.67. The maximum Gasteiger partial charge on any atom is 0.277 e.